The lowest BCUT2D eigenvalue weighted by Crippen LogP contribution is -2.30. The molecule has 34 heavy (non-hydrogen) atoms. The molecule has 0 aliphatic heterocycles. The molecular formula is C23H21F5N2O4. The maximum atomic E-state index is 13.8. The Balaban J connectivity index is 0.000000509. The van der Waals surface area contributed by atoms with Gasteiger partial charge in [0.15, 0.2) is 11.6 Å². The Morgan fingerprint density at radius 2 is 1.71 bits per heavy atom. The van der Waals surface area contributed by atoms with Gasteiger partial charge in [0.2, 0.25) is 5.91 Å². The zero-order valence-corrected chi connectivity index (χ0v) is 18.0. The number of hydrogen-bond donors (Lipinski definition) is 3. The van der Waals surface area contributed by atoms with Crippen molar-refractivity contribution in [3.8, 4) is 5.75 Å². The Morgan fingerprint density at radius 3 is 2.26 bits per heavy atom. The molecule has 0 radical (unpaired) electrons. The van der Waals surface area contributed by atoms with Gasteiger partial charge in [0, 0.05) is 23.6 Å². The Labute approximate surface area is 191 Å². The molecule has 1 atom stereocenters. The van der Waals surface area contributed by atoms with E-state index in [1.54, 1.807) is 30.5 Å². The third-order valence-electron chi connectivity index (χ3n) is 4.51. The normalized spacial score (nSPS) is 12.1. The summed E-state index contributed by atoms with van der Waals surface area (Å²) in [5.41, 5.74) is 1.07. The van der Waals surface area contributed by atoms with E-state index in [2.05, 4.69) is 10.3 Å². The number of rotatable bonds is 5. The highest BCUT2D eigenvalue weighted by molar-refractivity contribution is 5.86. The molecule has 0 saturated heterocycles. The smallest absolute Gasteiger partial charge is 0.490 e. The fourth-order valence-electron chi connectivity index (χ4n) is 3.00. The Hall–Kier alpha value is -3.76. The summed E-state index contributed by atoms with van der Waals surface area (Å²) in [6.45, 7) is 3.81. The summed E-state index contributed by atoms with van der Waals surface area (Å²) >= 11 is 0. The molecule has 0 fully saturated rings. The van der Waals surface area contributed by atoms with E-state index < -0.39 is 29.8 Å². The Morgan fingerprint density at radius 1 is 1.06 bits per heavy atom. The second kappa shape index (κ2) is 10.9. The summed E-state index contributed by atoms with van der Waals surface area (Å²) in [4.78, 5) is 25.4. The number of nitrogens with zero attached hydrogens (tertiary/aromatic N) is 1. The molecule has 0 spiro atoms. The molecule has 1 heterocycles. The largest absolute Gasteiger partial charge is 0.505 e. The molecule has 3 rings (SSSR count). The third-order valence-corrected chi connectivity index (χ3v) is 4.51. The highest BCUT2D eigenvalue weighted by Crippen LogP contribution is 2.35. The van der Waals surface area contributed by atoms with Gasteiger partial charge in [0.1, 0.15) is 11.3 Å². The number of benzene rings is 2. The summed E-state index contributed by atoms with van der Waals surface area (Å²) in [5.74, 6) is -4.98. The molecule has 3 N–H and O–H groups in total. The molecule has 0 saturated carbocycles. The Bertz CT molecular complexity index is 1180. The number of fused-ring (bicyclic) bond motifs is 1. The molecule has 11 heteroatoms. The van der Waals surface area contributed by atoms with E-state index in [1.165, 1.54) is 6.07 Å². The second-order valence-corrected chi connectivity index (χ2v) is 7.65. The zero-order chi connectivity index (χ0) is 25.6. The number of amides is 1. The predicted molar refractivity (Wildman–Crippen MR) is 113 cm³/mol. The van der Waals surface area contributed by atoms with Gasteiger partial charge in [0.25, 0.3) is 0 Å². The number of aromatic nitrogens is 1. The maximum absolute atomic E-state index is 13.8. The number of carboxylic acids is 1. The van der Waals surface area contributed by atoms with Crippen LogP contribution in [-0.4, -0.2) is 33.2 Å². The molecule has 0 aliphatic carbocycles. The van der Waals surface area contributed by atoms with Gasteiger partial charge in [-0.3, -0.25) is 9.78 Å². The van der Waals surface area contributed by atoms with Crippen LogP contribution in [0.25, 0.3) is 10.9 Å². The van der Waals surface area contributed by atoms with Crippen molar-refractivity contribution in [3.63, 3.8) is 0 Å². The number of phenolic OH excluding ortho intramolecular Hbond substituents is 1. The summed E-state index contributed by atoms with van der Waals surface area (Å²) in [6, 6.07) is 9.55. The summed E-state index contributed by atoms with van der Waals surface area (Å²) in [7, 11) is 0. The fraction of sp³-hybridized carbons (Fsp3) is 0.261. The van der Waals surface area contributed by atoms with E-state index in [0.717, 1.165) is 17.5 Å². The number of carbonyl (C=O) groups is 2. The number of carbonyl (C=O) groups excluding carboxylic acids is 1. The van der Waals surface area contributed by atoms with Gasteiger partial charge in [-0.2, -0.15) is 13.2 Å². The van der Waals surface area contributed by atoms with E-state index in [9.17, 15) is 31.9 Å². The highest BCUT2D eigenvalue weighted by atomic mass is 19.4. The van der Waals surface area contributed by atoms with Crippen LogP contribution in [0.2, 0.25) is 0 Å². The van der Waals surface area contributed by atoms with Gasteiger partial charge < -0.3 is 15.5 Å². The number of halogens is 5. The average molecular weight is 484 g/mol. The number of aromatic hydroxyl groups is 1. The number of aliphatic carboxylic acids is 1. The number of hydrogen-bond acceptors (Lipinski definition) is 4. The lowest BCUT2D eigenvalue weighted by molar-refractivity contribution is -0.192. The fourth-order valence-corrected chi connectivity index (χ4v) is 3.00. The first-order chi connectivity index (χ1) is 15.8. The predicted octanol–water partition coefficient (Wildman–Crippen LogP) is 5.10. The van der Waals surface area contributed by atoms with Crippen molar-refractivity contribution < 1.29 is 41.8 Å². The molecule has 1 aromatic heterocycles. The van der Waals surface area contributed by atoms with Crippen LogP contribution < -0.4 is 5.32 Å². The van der Waals surface area contributed by atoms with E-state index in [1.807, 2.05) is 13.8 Å². The van der Waals surface area contributed by atoms with Crippen molar-refractivity contribution in [1.29, 1.82) is 0 Å². The molecule has 182 valence electrons. The van der Waals surface area contributed by atoms with Crippen molar-refractivity contribution in [2.24, 2.45) is 5.92 Å². The van der Waals surface area contributed by atoms with E-state index >= 15 is 0 Å². The van der Waals surface area contributed by atoms with Crippen LogP contribution in [-0.2, 0) is 9.59 Å². The van der Waals surface area contributed by atoms with Gasteiger partial charge >= 0.3 is 12.1 Å². The van der Waals surface area contributed by atoms with Crippen molar-refractivity contribution in [2.75, 3.05) is 0 Å². The van der Waals surface area contributed by atoms with E-state index in [0.29, 0.717) is 16.6 Å². The topological polar surface area (TPSA) is 99.5 Å². The van der Waals surface area contributed by atoms with Gasteiger partial charge in [-0.25, -0.2) is 13.6 Å². The molecule has 1 amide bonds. The minimum Gasteiger partial charge on any atom is -0.505 e. The van der Waals surface area contributed by atoms with Crippen LogP contribution in [0.4, 0.5) is 22.0 Å². The van der Waals surface area contributed by atoms with Crippen LogP contribution in [0, 0.1) is 17.6 Å². The number of alkyl halides is 3. The lowest BCUT2D eigenvalue weighted by Gasteiger charge is -2.22. The zero-order valence-electron chi connectivity index (χ0n) is 18.0. The quantitative estimate of drug-likeness (QED) is 0.438. The molecule has 0 bridgehead atoms. The van der Waals surface area contributed by atoms with Crippen molar-refractivity contribution in [3.05, 3.63) is 71.4 Å². The first-order valence-corrected chi connectivity index (χ1v) is 9.92. The van der Waals surface area contributed by atoms with E-state index in [4.69, 9.17) is 9.90 Å². The van der Waals surface area contributed by atoms with Gasteiger partial charge in [0.05, 0.1) is 6.04 Å². The number of carboxylic acid groups (broad SMARTS) is 1. The standard InChI is InChI=1S/C21H20F2N2O2.C2HF3O2/c1-12(2)10-18(26)25-19(14-6-8-16(22)17(23)11-14)15-7-5-13-4-3-9-24-20(13)21(15)27;3-2(4,5)1(6)7/h3-9,11-12,19,27H,10H2,1-2H3,(H,25,26);(H,6,7). The maximum Gasteiger partial charge on any atom is 0.490 e. The van der Waals surface area contributed by atoms with Crippen LogP contribution in [0.3, 0.4) is 0 Å². The van der Waals surface area contributed by atoms with Gasteiger partial charge in [-0.1, -0.05) is 38.1 Å². The van der Waals surface area contributed by atoms with Crippen LogP contribution >= 0.6 is 0 Å². The van der Waals surface area contributed by atoms with Crippen molar-refractivity contribution in [1.82, 2.24) is 10.3 Å². The number of phenols is 1. The second-order valence-electron chi connectivity index (χ2n) is 7.65. The van der Waals surface area contributed by atoms with Crippen molar-refractivity contribution in [2.45, 2.75) is 32.5 Å². The highest BCUT2D eigenvalue weighted by Gasteiger charge is 2.38. The first-order valence-electron chi connectivity index (χ1n) is 9.92. The summed E-state index contributed by atoms with van der Waals surface area (Å²) in [6.07, 6.45) is -3.26. The van der Waals surface area contributed by atoms with E-state index in [-0.39, 0.29) is 24.0 Å². The van der Waals surface area contributed by atoms with Crippen LogP contribution in [0.15, 0.2) is 48.7 Å². The van der Waals surface area contributed by atoms with Gasteiger partial charge in [-0.15, -0.1) is 0 Å². The third kappa shape index (κ3) is 6.87. The van der Waals surface area contributed by atoms with Crippen molar-refractivity contribution >= 4 is 22.8 Å². The lowest BCUT2D eigenvalue weighted by atomic mass is 9.95. The van der Waals surface area contributed by atoms with Gasteiger partial charge in [-0.05, 0) is 29.7 Å². The molecule has 3 aromatic rings. The summed E-state index contributed by atoms with van der Waals surface area (Å²) < 4.78 is 58.9. The minimum absolute atomic E-state index is 0.104. The molecular weight excluding hydrogens is 463 g/mol. The molecule has 1 unspecified atom stereocenters. The van der Waals surface area contributed by atoms with Crippen LogP contribution in [0.5, 0.6) is 5.75 Å². The minimum atomic E-state index is -5.08. The molecule has 0 aliphatic rings. The Kier molecular flexibility index (Phi) is 8.50. The first kappa shape index (κ1) is 26.5. The monoisotopic (exact) mass is 484 g/mol. The van der Waals surface area contributed by atoms with Crippen LogP contribution in [0.1, 0.15) is 37.4 Å². The number of nitrogens with one attached hydrogen (secondary N) is 1. The number of pyridine rings is 1. The molecule has 6 nitrogen and oxygen atoms in total. The average Bonchev–Trinajstić information content (AvgIpc) is 2.74. The summed E-state index contributed by atoms with van der Waals surface area (Å²) in [5, 5.41) is 21.4. The molecule has 2 aromatic carbocycles. The SMILES string of the molecule is CC(C)CC(=O)NC(c1ccc(F)c(F)c1)c1ccc2cccnc2c1O.O=C(O)C(F)(F)F.